The Bertz CT molecular complexity index is 219. The first-order valence-corrected chi connectivity index (χ1v) is 5.34. The van der Waals surface area contributed by atoms with Gasteiger partial charge >= 0.3 is 5.97 Å². The van der Waals surface area contributed by atoms with Crippen molar-refractivity contribution in [1.29, 1.82) is 0 Å². The number of esters is 1. The topological polar surface area (TPSA) is 47.6 Å². The van der Waals surface area contributed by atoms with Crippen LogP contribution in [0, 0.1) is 5.92 Å². The van der Waals surface area contributed by atoms with Crippen molar-refractivity contribution in [2.45, 2.75) is 31.9 Å². The van der Waals surface area contributed by atoms with Crippen molar-refractivity contribution < 1.29 is 14.3 Å². The SMILES string of the molecule is CCOC(=O)C1CCC2NCCOC21. The average molecular weight is 199 g/mol. The maximum Gasteiger partial charge on any atom is 0.311 e. The number of hydrogen-bond acceptors (Lipinski definition) is 4. The molecule has 3 atom stereocenters. The van der Waals surface area contributed by atoms with E-state index in [0.717, 1.165) is 19.4 Å². The Labute approximate surface area is 84.0 Å². The summed E-state index contributed by atoms with van der Waals surface area (Å²) in [5.74, 6) is -0.142. The number of hydrogen-bond donors (Lipinski definition) is 1. The molecular formula is C10H17NO3. The van der Waals surface area contributed by atoms with Crippen LogP contribution in [0.2, 0.25) is 0 Å². The summed E-state index contributed by atoms with van der Waals surface area (Å²) in [5.41, 5.74) is 0. The number of morpholine rings is 1. The van der Waals surface area contributed by atoms with Crippen molar-refractivity contribution in [1.82, 2.24) is 5.32 Å². The molecule has 0 aromatic carbocycles. The minimum atomic E-state index is -0.0938. The smallest absolute Gasteiger partial charge is 0.311 e. The summed E-state index contributed by atoms with van der Waals surface area (Å²) in [7, 11) is 0. The highest BCUT2D eigenvalue weighted by Gasteiger charge is 2.43. The fourth-order valence-corrected chi connectivity index (χ4v) is 2.36. The van der Waals surface area contributed by atoms with Crippen molar-refractivity contribution in [2.75, 3.05) is 19.8 Å². The molecule has 2 fully saturated rings. The zero-order valence-electron chi connectivity index (χ0n) is 8.49. The Balaban J connectivity index is 1.96. The quantitative estimate of drug-likeness (QED) is 0.650. The Morgan fingerprint density at radius 1 is 1.57 bits per heavy atom. The van der Waals surface area contributed by atoms with Gasteiger partial charge in [0, 0.05) is 12.6 Å². The number of carbonyl (C=O) groups is 1. The van der Waals surface area contributed by atoms with Gasteiger partial charge in [-0.2, -0.15) is 0 Å². The number of nitrogens with one attached hydrogen (secondary N) is 1. The predicted molar refractivity (Wildman–Crippen MR) is 50.9 cm³/mol. The molecule has 0 amide bonds. The Morgan fingerprint density at radius 2 is 2.43 bits per heavy atom. The number of carbonyl (C=O) groups excluding carboxylic acids is 1. The van der Waals surface area contributed by atoms with Crippen LogP contribution in [-0.2, 0) is 14.3 Å². The molecule has 80 valence electrons. The van der Waals surface area contributed by atoms with Crippen molar-refractivity contribution in [2.24, 2.45) is 5.92 Å². The third-order valence-corrected chi connectivity index (χ3v) is 2.99. The standard InChI is InChI=1S/C10H17NO3/c1-2-13-10(12)7-3-4-8-9(7)14-6-5-11-8/h7-9,11H,2-6H2,1H3. The first-order valence-electron chi connectivity index (χ1n) is 5.34. The molecule has 1 N–H and O–H groups in total. The molecule has 0 aromatic heterocycles. The van der Waals surface area contributed by atoms with Crippen LogP contribution < -0.4 is 5.32 Å². The zero-order valence-corrected chi connectivity index (χ0v) is 8.49. The van der Waals surface area contributed by atoms with Crippen molar-refractivity contribution in [3.05, 3.63) is 0 Å². The van der Waals surface area contributed by atoms with Crippen molar-refractivity contribution >= 4 is 5.97 Å². The third kappa shape index (κ3) is 1.77. The second-order valence-corrected chi connectivity index (χ2v) is 3.83. The van der Waals surface area contributed by atoms with Crippen LogP contribution in [0.15, 0.2) is 0 Å². The van der Waals surface area contributed by atoms with Gasteiger partial charge in [0.1, 0.15) is 0 Å². The van der Waals surface area contributed by atoms with E-state index >= 15 is 0 Å². The van der Waals surface area contributed by atoms with Crippen LogP contribution in [0.3, 0.4) is 0 Å². The van der Waals surface area contributed by atoms with E-state index in [1.165, 1.54) is 0 Å². The molecule has 2 rings (SSSR count). The molecule has 1 saturated carbocycles. The highest BCUT2D eigenvalue weighted by atomic mass is 16.5. The van der Waals surface area contributed by atoms with E-state index in [-0.39, 0.29) is 18.0 Å². The highest BCUT2D eigenvalue weighted by molar-refractivity contribution is 5.73. The minimum absolute atomic E-state index is 0.0443. The number of fused-ring (bicyclic) bond motifs is 1. The van der Waals surface area contributed by atoms with Gasteiger partial charge < -0.3 is 14.8 Å². The van der Waals surface area contributed by atoms with Crippen LogP contribution in [0.5, 0.6) is 0 Å². The van der Waals surface area contributed by atoms with Crippen LogP contribution in [-0.4, -0.2) is 37.9 Å². The maximum atomic E-state index is 11.6. The van der Waals surface area contributed by atoms with Crippen LogP contribution in [0.1, 0.15) is 19.8 Å². The molecule has 0 radical (unpaired) electrons. The first-order chi connectivity index (χ1) is 6.83. The second-order valence-electron chi connectivity index (χ2n) is 3.83. The lowest BCUT2D eigenvalue weighted by molar-refractivity contribution is -0.153. The molecule has 1 aliphatic carbocycles. The van der Waals surface area contributed by atoms with Gasteiger partial charge in [-0.1, -0.05) is 0 Å². The molecule has 1 aliphatic heterocycles. The summed E-state index contributed by atoms with van der Waals surface area (Å²) in [6, 6.07) is 0.359. The molecule has 4 nitrogen and oxygen atoms in total. The molecule has 0 bridgehead atoms. The molecule has 3 unspecified atom stereocenters. The number of ether oxygens (including phenoxy) is 2. The lowest BCUT2D eigenvalue weighted by Crippen LogP contribution is -2.48. The van der Waals surface area contributed by atoms with Gasteiger partial charge in [-0.15, -0.1) is 0 Å². The van der Waals surface area contributed by atoms with Crippen LogP contribution in [0.4, 0.5) is 0 Å². The molecule has 1 heterocycles. The van der Waals surface area contributed by atoms with Gasteiger partial charge in [-0.05, 0) is 19.8 Å². The van der Waals surface area contributed by atoms with Gasteiger partial charge in [-0.25, -0.2) is 0 Å². The Morgan fingerprint density at radius 3 is 3.21 bits per heavy atom. The van der Waals surface area contributed by atoms with E-state index in [9.17, 15) is 4.79 Å². The van der Waals surface area contributed by atoms with E-state index in [0.29, 0.717) is 19.3 Å². The summed E-state index contributed by atoms with van der Waals surface area (Å²) in [5, 5.41) is 3.38. The summed E-state index contributed by atoms with van der Waals surface area (Å²) in [4.78, 5) is 11.6. The number of rotatable bonds is 2. The lowest BCUT2D eigenvalue weighted by atomic mass is 10.0. The normalized spacial score (nSPS) is 36.5. The minimum Gasteiger partial charge on any atom is -0.466 e. The summed E-state index contributed by atoms with van der Waals surface area (Å²) >= 11 is 0. The highest BCUT2D eigenvalue weighted by Crippen LogP contribution is 2.31. The van der Waals surface area contributed by atoms with Crippen molar-refractivity contribution in [3.63, 3.8) is 0 Å². The van der Waals surface area contributed by atoms with E-state index in [1.54, 1.807) is 0 Å². The predicted octanol–water partition coefficient (Wildman–Crippen LogP) is 0.316. The molecule has 4 heteroatoms. The van der Waals surface area contributed by atoms with Gasteiger partial charge in [-0.3, -0.25) is 4.79 Å². The van der Waals surface area contributed by atoms with Gasteiger partial charge in [0.2, 0.25) is 0 Å². The average Bonchev–Trinajstić information content (AvgIpc) is 2.61. The van der Waals surface area contributed by atoms with E-state index in [1.807, 2.05) is 6.92 Å². The van der Waals surface area contributed by atoms with E-state index < -0.39 is 0 Å². The molecule has 0 aromatic rings. The van der Waals surface area contributed by atoms with Crippen LogP contribution in [0.25, 0.3) is 0 Å². The fourth-order valence-electron chi connectivity index (χ4n) is 2.36. The second kappa shape index (κ2) is 4.28. The third-order valence-electron chi connectivity index (χ3n) is 2.99. The Hall–Kier alpha value is -0.610. The zero-order chi connectivity index (χ0) is 9.97. The van der Waals surface area contributed by atoms with E-state index in [2.05, 4.69) is 5.32 Å². The molecular weight excluding hydrogens is 182 g/mol. The summed E-state index contributed by atoms with van der Waals surface area (Å²) in [6.07, 6.45) is 1.96. The van der Waals surface area contributed by atoms with Crippen LogP contribution >= 0.6 is 0 Å². The first kappa shape index (κ1) is 9.93. The summed E-state index contributed by atoms with van der Waals surface area (Å²) in [6.45, 7) is 3.90. The molecule has 2 aliphatic rings. The monoisotopic (exact) mass is 199 g/mol. The molecule has 14 heavy (non-hydrogen) atoms. The lowest BCUT2D eigenvalue weighted by Gasteiger charge is -2.29. The Kier molecular flexibility index (Phi) is 3.03. The van der Waals surface area contributed by atoms with Gasteiger partial charge in [0.05, 0.1) is 25.2 Å². The molecule has 1 saturated heterocycles. The van der Waals surface area contributed by atoms with Gasteiger partial charge in [0.15, 0.2) is 0 Å². The van der Waals surface area contributed by atoms with E-state index in [4.69, 9.17) is 9.47 Å². The maximum absolute atomic E-state index is 11.6. The molecule has 0 spiro atoms. The fraction of sp³-hybridized carbons (Fsp3) is 0.900. The summed E-state index contributed by atoms with van der Waals surface area (Å²) < 4.78 is 10.6. The van der Waals surface area contributed by atoms with Gasteiger partial charge in [0.25, 0.3) is 0 Å². The van der Waals surface area contributed by atoms with Crippen molar-refractivity contribution in [3.8, 4) is 0 Å². The largest absolute Gasteiger partial charge is 0.466 e.